The summed E-state index contributed by atoms with van der Waals surface area (Å²) in [6.45, 7) is 12.7. The third-order valence-corrected chi connectivity index (χ3v) is 7.18. The van der Waals surface area contributed by atoms with Gasteiger partial charge in [-0.15, -0.1) is 10.2 Å². The minimum atomic E-state index is -0.594. The van der Waals surface area contributed by atoms with E-state index in [1.54, 1.807) is 4.90 Å². The number of amides is 1. The first-order valence-electron chi connectivity index (χ1n) is 13.5. The third kappa shape index (κ3) is 9.67. The highest BCUT2D eigenvalue weighted by Gasteiger charge is 2.36. The fraction of sp³-hybridized carbons (Fsp3) is 0.679. The van der Waals surface area contributed by atoms with Crippen LogP contribution in [-0.2, 0) is 20.7 Å². The molecule has 1 fully saturated rings. The van der Waals surface area contributed by atoms with Crippen LogP contribution in [0.15, 0.2) is 28.7 Å². The average molecular weight is 593 g/mol. The number of carbonyl (C=O) groups is 2. The van der Waals surface area contributed by atoms with Gasteiger partial charge in [-0.3, -0.25) is 4.79 Å². The second-order valence-corrected chi connectivity index (χ2v) is 13.1. The van der Waals surface area contributed by atoms with Crippen LogP contribution in [0.4, 0.5) is 4.79 Å². The zero-order valence-corrected chi connectivity index (χ0v) is 25.1. The summed E-state index contributed by atoms with van der Waals surface area (Å²) in [7, 11) is 0. The number of halogens is 1. The molecular weight excluding hydrogens is 550 g/mol. The molecule has 2 heterocycles. The first-order chi connectivity index (χ1) is 17.8. The number of aromatic nitrogens is 4. The van der Waals surface area contributed by atoms with E-state index in [1.165, 1.54) is 0 Å². The Morgan fingerprint density at radius 3 is 2.24 bits per heavy atom. The van der Waals surface area contributed by atoms with E-state index in [9.17, 15) is 9.59 Å². The quantitative estimate of drug-likeness (QED) is 0.352. The Kier molecular flexibility index (Phi) is 10.3. The number of H-pyrrole nitrogens is 1. The Labute approximate surface area is 234 Å². The molecule has 10 heteroatoms. The van der Waals surface area contributed by atoms with E-state index in [0.717, 1.165) is 35.7 Å². The Morgan fingerprint density at radius 1 is 1.05 bits per heavy atom. The summed E-state index contributed by atoms with van der Waals surface area (Å²) in [5, 5.41) is 14.9. The number of hydrogen-bond donors (Lipinski definition) is 1. The lowest BCUT2D eigenvalue weighted by molar-refractivity contribution is -0.161. The Balaban J connectivity index is 1.66. The molecule has 0 saturated carbocycles. The maximum Gasteiger partial charge on any atom is 0.410 e. The van der Waals surface area contributed by atoms with Crippen molar-refractivity contribution < 1.29 is 19.1 Å². The lowest BCUT2D eigenvalue weighted by Crippen LogP contribution is -2.41. The maximum absolute atomic E-state index is 13.5. The zero-order valence-electron chi connectivity index (χ0n) is 23.5. The molecule has 0 spiro atoms. The van der Waals surface area contributed by atoms with Gasteiger partial charge in [-0.1, -0.05) is 46.1 Å². The molecular formula is C28H42BrN5O4. The summed E-state index contributed by atoms with van der Waals surface area (Å²) >= 11 is 3.49. The van der Waals surface area contributed by atoms with Gasteiger partial charge in [-0.2, -0.15) is 5.21 Å². The monoisotopic (exact) mass is 591 g/mol. The van der Waals surface area contributed by atoms with Gasteiger partial charge >= 0.3 is 12.1 Å². The van der Waals surface area contributed by atoms with Crippen LogP contribution >= 0.6 is 15.9 Å². The van der Waals surface area contributed by atoms with Gasteiger partial charge in [0.05, 0.1) is 5.92 Å². The van der Waals surface area contributed by atoms with E-state index in [4.69, 9.17) is 9.47 Å². The lowest BCUT2D eigenvalue weighted by atomic mass is 9.81. The molecule has 0 aliphatic carbocycles. The number of piperidine rings is 1. The van der Waals surface area contributed by atoms with Crippen LogP contribution in [0.3, 0.4) is 0 Å². The molecule has 1 aromatic heterocycles. The van der Waals surface area contributed by atoms with Gasteiger partial charge in [0, 0.05) is 23.5 Å². The Morgan fingerprint density at radius 2 is 1.68 bits per heavy atom. The SMILES string of the molecule is CC(C)(C)OC(=O)[C@@H](CCCC1CCN(C(=O)OC(C)(C)C)CC1)[C@H](Cc1ccc(Br)cc1)c1nn[nH]n1. The fourth-order valence-electron chi connectivity index (χ4n) is 4.83. The summed E-state index contributed by atoms with van der Waals surface area (Å²) in [4.78, 5) is 27.7. The van der Waals surface area contributed by atoms with E-state index in [1.807, 2.05) is 65.8 Å². The molecule has 0 unspecified atom stereocenters. The molecule has 0 bridgehead atoms. The van der Waals surface area contributed by atoms with Gasteiger partial charge in [0.25, 0.3) is 0 Å². The maximum atomic E-state index is 13.5. The van der Waals surface area contributed by atoms with Crippen LogP contribution in [0.5, 0.6) is 0 Å². The molecule has 9 nitrogen and oxygen atoms in total. The lowest BCUT2D eigenvalue weighted by Gasteiger charge is -2.34. The van der Waals surface area contributed by atoms with Gasteiger partial charge in [-0.05, 0) is 90.8 Å². The first kappa shape index (κ1) is 30.1. The third-order valence-electron chi connectivity index (χ3n) is 6.65. The number of nitrogens with one attached hydrogen (secondary N) is 1. The number of rotatable bonds is 9. The van der Waals surface area contributed by atoms with Crippen LogP contribution in [0, 0.1) is 11.8 Å². The number of ether oxygens (including phenoxy) is 2. The van der Waals surface area contributed by atoms with Crippen LogP contribution < -0.4 is 0 Å². The molecule has 1 aliphatic rings. The number of likely N-dealkylation sites (tertiary alicyclic amines) is 1. The summed E-state index contributed by atoms with van der Waals surface area (Å²) in [5.74, 6) is 0.123. The van der Waals surface area contributed by atoms with Gasteiger partial charge in [0.2, 0.25) is 0 Å². The predicted molar refractivity (Wildman–Crippen MR) is 148 cm³/mol. The highest BCUT2D eigenvalue weighted by Crippen LogP contribution is 2.34. The number of hydrogen-bond acceptors (Lipinski definition) is 7. The van der Waals surface area contributed by atoms with Crippen molar-refractivity contribution in [2.75, 3.05) is 13.1 Å². The number of aromatic amines is 1. The number of benzene rings is 1. The highest BCUT2D eigenvalue weighted by atomic mass is 79.9. The van der Waals surface area contributed by atoms with Crippen molar-refractivity contribution in [3.05, 3.63) is 40.1 Å². The van der Waals surface area contributed by atoms with Gasteiger partial charge < -0.3 is 14.4 Å². The van der Waals surface area contributed by atoms with Gasteiger partial charge in [0.15, 0.2) is 5.82 Å². The highest BCUT2D eigenvalue weighted by molar-refractivity contribution is 9.10. The van der Waals surface area contributed by atoms with Gasteiger partial charge in [-0.25, -0.2) is 4.79 Å². The summed E-state index contributed by atoms with van der Waals surface area (Å²) in [6.07, 6.45) is 4.75. The summed E-state index contributed by atoms with van der Waals surface area (Å²) in [5.41, 5.74) is 0.00496. The molecule has 38 heavy (non-hydrogen) atoms. The van der Waals surface area contributed by atoms with Crippen molar-refractivity contribution in [1.29, 1.82) is 0 Å². The van der Waals surface area contributed by atoms with Crippen LogP contribution in [-0.4, -0.2) is 61.9 Å². The van der Waals surface area contributed by atoms with E-state index in [-0.39, 0.29) is 18.0 Å². The molecule has 2 atom stereocenters. The molecule has 2 aromatic rings. The second kappa shape index (κ2) is 13.0. The second-order valence-electron chi connectivity index (χ2n) is 12.2. The summed E-state index contributed by atoms with van der Waals surface area (Å²) in [6, 6.07) is 8.08. The van der Waals surface area contributed by atoms with Crippen molar-refractivity contribution >= 4 is 28.0 Å². The van der Waals surface area contributed by atoms with Crippen molar-refractivity contribution in [3.63, 3.8) is 0 Å². The van der Waals surface area contributed by atoms with Crippen LogP contribution in [0.2, 0.25) is 0 Å². The molecule has 1 aliphatic heterocycles. The van der Waals surface area contributed by atoms with Crippen LogP contribution in [0.25, 0.3) is 0 Å². The van der Waals surface area contributed by atoms with E-state index in [0.29, 0.717) is 37.7 Å². The Hall–Kier alpha value is -2.49. The molecule has 1 N–H and O–H groups in total. The number of nitrogens with zero attached hydrogens (tertiary/aromatic N) is 4. The predicted octanol–water partition coefficient (Wildman–Crippen LogP) is 6.06. The molecule has 210 valence electrons. The molecule has 1 amide bonds. The normalized spacial score (nSPS) is 16.7. The van der Waals surface area contributed by atoms with E-state index in [2.05, 4.69) is 36.6 Å². The van der Waals surface area contributed by atoms with E-state index >= 15 is 0 Å². The number of esters is 1. The van der Waals surface area contributed by atoms with Crippen molar-refractivity contribution in [2.45, 2.75) is 97.2 Å². The molecule has 3 rings (SSSR count). The van der Waals surface area contributed by atoms with E-state index < -0.39 is 17.1 Å². The minimum absolute atomic E-state index is 0.232. The number of tetrazole rings is 1. The van der Waals surface area contributed by atoms with Crippen molar-refractivity contribution in [2.24, 2.45) is 11.8 Å². The largest absolute Gasteiger partial charge is 0.460 e. The number of carbonyl (C=O) groups excluding carboxylic acids is 2. The summed E-state index contributed by atoms with van der Waals surface area (Å²) < 4.78 is 12.4. The molecule has 0 radical (unpaired) electrons. The van der Waals surface area contributed by atoms with Gasteiger partial charge in [0.1, 0.15) is 11.2 Å². The Bertz CT molecular complexity index is 1020. The van der Waals surface area contributed by atoms with Crippen molar-refractivity contribution in [3.8, 4) is 0 Å². The van der Waals surface area contributed by atoms with Crippen molar-refractivity contribution in [1.82, 2.24) is 25.5 Å². The molecule has 1 aromatic carbocycles. The average Bonchev–Trinajstić information content (AvgIpc) is 3.35. The minimum Gasteiger partial charge on any atom is -0.460 e. The zero-order chi connectivity index (χ0) is 27.9. The fourth-order valence-corrected chi connectivity index (χ4v) is 5.10. The standard InChI is InChI=1S/C28H42BrN5O4/c1-27(2,3)37-25(35)22(23(24-30-32-33-31-24)18-20-10-12-21(29)13-11-20)9-7-8-19-14-16-34(17-15-19)26(36)38-28(4,5)6/h10-13,19,22-23H,7-9,14-18H2,1-6H3,(H,30,31,32,33)/t22-,23-/m0/s1. The molecule has 1 saturated heterocycles. The topological polar surface area (TPSA) is 110 Å². The smallest absolute Gasteiger partial charge is 0.410 e. The first-order valence-corrected chi connectivity index (χ1v) is 14.3. The van der Waals surface area contributed by atoms with Crippen LogP contribution in [0.1, 0.15) is 91.0 Å².